The van der Waals surface area contributed by atoms with Crippen LogP contribution in [0.5, 0.6) is 11.5 Å². The summed E-state index contributed by atoms with van der Waals surface area (Å²) in [5, 5.41) is 3.35. The standard InChI is InChI=1S/C21H33NO4/c1-14(2)22-12-11-15-9-10-16(25-18(23)20(3,4)5)17(13-15)26-19(24)21(6,7)8/h9-10,13-14,22H,11-12H2,1-8H3. The lowest BCUT2D eigenvalue weighted by Gasteiger charge is -2.21. The van der Waals surface area contributed by atoms with Crippen molar-refractivity contribution in [2.45, 2.75) is 67.9 Å². The van der Waals surface area contributed by atoms with E-state index in [4.69, 9.17) is 9.47 Å². The zero-order valence-electron chi connectivity index (χ0n) is 17.4. The summed E-state index contributed by atoms with van der Waals surface area (Å²) in [4.78, 5) is 24.5. The molecule has 146 valence electrons. The summed E-state index contributed by atoms with van der Waals surface area (Å²) >= 11 is 0. The number of carbonyl (C=O) groups excluding carboxylic acids is 2. The highest BCUT2D eigenvalue weighted by molar-refractivity contribution is 5.81. The van der Waals surface area contributed by atoms with E-state index in [-0.39, 0.29) is 23.4 Å². The Morgan fingerprint density at radius 3 is 1.88 bits per heavy atom. The molecule has 0 atom stereocenters. The highest BCUT2D eigenvalue weighted by Crippen LogP contribution is 2.32. The second-order valence-electron chi connectivity index (χ2n) is 8.92. The van der Waals surface area contributed by atoms with E-state index in [9.17, 15) is 9.59 Å². The van der Waals surface area contributed by atoms with Gasteiger partial charge in [0.25, 0.3) is 0 Å². The van der Waals surface area contributed by atoms with E-state index in [1.807, 2.05) is 6.07 Å². The zero-order chi connectivity index (χ0) is 20.1. The van der Waals surface area contributed by atoms with E-state index >= 15 is 0 Å². The van der Waals surface area contributed by atoms with E-state index in [1.54, 1.807) is 53.7 Å². The predicted octanol–water partition coefficient (Wildman–Crippen LogP) is 4.13. The fourth-order valence-electron chi connectivity index (χ4n) is 1.88. The Morgan fingerprint density at radius 1 is 0.923 bits per heavy atom. The number of hydrogen-bond donors (Lipinski definition) is 1. The van der Waals surface area contributed by atoms with Crippen LogP contribution in [0.1, 0.15) is 61.0 Å². The lowest BCUT2D eigenvalue weighted by molar-refractivity contribution is -0.145. The fourth-order valence-corrected chi connectivity index (χ4v) is 1.88. The normalized spacial score (nSPS) is 12.2. The van der Waals surface area contributed by atoms with Gasteiger partial charge in [0, 0.05) is 6.04 Å². The van der Waals surface area contributed by atoms with E-state index in [0.29, 0.717) is 6.04 Å². The van der Waals surface area contributed by atoms with Crippen LogP contribution in [0.15, 0.2) is 18.2 Å². The highest BCUT2D eigenvalue weighted by Gasteiger charge is 2.28. The lowest BCUT2D eigenvalue weighted by atomic mass is 9.97. The number of ether oxygens (including phenoxy) is 2. The van der Waals surface area contributed by atoms with E-state index in [0.717, 1.165) is 18.5 Å². The van der Waals surface area contributed by atoms with Crippen molar-refractivity contribution in [3.8, 4) is 11.5 Å². The smallest absolute Gasteiger partial charge is 0.316 e. The number of esters is 2. The molecule has 0 aliphatic rings. The largest absolute Gasteiger partial charge is 0.422 e. The summed E-state index contributed by atoms with van der Waals surface area (Å²) in [6.45, 7) is 15.7. The molecule has 0 amide bonds. The van der Waals surface area contributed by atoms with Gasteiger partial charge >= 0.3 is 11.9 Å². The molecule has 0 aliphatic carbocycles. The molecule has 0 radical (unpaired) electrons. The molecule has 5 nitrogen and oxygen atoms in total. The maximum absolute atomic E-state index is 12.3. The van der Waals surface area contributed by atoms with Crippen LogP contribution in [-0.4, -0.2) is 24.5 Å². The number of carbonyl (C=O) groups is 2. The predicted molar refractivity (Wildman–Crippen MR) is 103 cm³/mol. The van der Waals surface area contributed by atoms with Gasteiger partial charge in [-0.15, -0.1) is 0 Å². The van der Waals surface area contributed by atoms with Gasteiger partial charge in [-0.25, -0.2) is 0 Å². The maximum Gasteiger partial charge on any atom is 0.316 e. The molecular weight excluding hydrogens is 330 g/mol. The van der Waals surface area contributed by atoms with Crippen molar-refractivity contribution >= 4 is 11.9 Å². The Balaban J connectivity index is 3.07. The molecule has 0 bridgehead atoms. The fraction of sp³-hybridized carbons (Fsp3) is 0.619. The molecule has 1 rings (SSSR count). The topological polar surface area (TPSA) is 64.6 Å². The van der Waals surface area contributed by atoms with Crippen molar-refractivity contribution in [2.24, 2.45) is 10.8 Å². The van der Waals surface area contributed by atoms with Crippen LogP contribution in [0.3, 0.4) is 0 Å². The van der Waals surface area contributed by atoms with Crippen molar-refractivity contribution < 1.29 is 19.1 Å². The van der Waals surface area contributed by atoms with Crippen LogP contribution in [0.25, 0.3) is 0 Å². The molecule has 1 aromatic rings. The summed E-state index contributed by atoms with van der Waals surface area (Å²) in [6.07, 6.45) is 0.783. The Hall–Kier alpha value is -1.88. The van der Waals surface area contributed by atoms with Crippen LogP contribution >= 0.6 is 0 Å². The Bertz CT molecular complexity index is 636. The van der Waals surface area contributed by atoms with Crippen LogP contribution in [0.4, 0.5) is 0 Å². The summed E-state index contributed by atoms with van der Waals surface area (Å²) in [7, 11) is 0. The molecular formula is C21H33NO4. The van der Waals surface area contributed by atoms with E-state index < -0.39 is 10.8 Å². The van der Waals surface area contributed by atoms with Crippen LogP contribution in [0.2, 0.25) is 0 Å². The molecule has 0 fully saturated rings. The SMILES string of the molecule is CC(C)NCCc1ccc(OC(=O)C(C)(C)C)c(OC(=O)C(C)(C)C)c1. The molecule has 0 aliphatic heterocycles. The van der Waals surface area contributed by atoms with Crippen LogP contribution in [-0.2, 0) is 16.0 Å². The molecule has 0 saturated heterocycles. The van der Waals surface area contributed by atoms with Crippen molar-refractivity contribution in [1.29, 1.82) is 0 Å². The zero-order valence-corrected chi connectivity index (χ0v) is 17.4. The first-order valence-corrected chi connectivity index (χ1v) is 9.11. The van der Waals surface area contributed by atoms with E-state index in [2.05, 4.69) is 19.2 Å². The summed E-state index contributed by atoms with van der Waals surface area (Å²) in [5.74, 6) is -0.199. The molecule has 5 heteroatoms. The third kappa shape index (κ3) is 7.16. The van der Waals surface area contributed by atoms with Gasteiger partial charge in [-0.05, 0) is 72.2 Å². The van der Waals surface area contributed by atoms with Gasteiger partial charge in [0.05, 0.1) is 10.8 Å². The first-order valence-electron chi connectivity index (χ1n) is 9.11. The average molecular weight is 363 g/mol. The minimum atomic E-state index is -0.652. The van der Waals surface area contributed by atoms with Crippen LogP contribution < -0.4 is 14.8 Å². The number of benzene rings is 1. The minimum absolute atomic E-state index is 0.267. The number of hydrogen-bond acceptors (Lipinski definition) is 5. The second kappa shape index (κ2) is 8.67. The van der Waals surface area contributed by atoms with Crippen molar-refractivity contribution in [3.05, 3.63) is 23.8 Å². The molecule has 0 spiro atoms. The maximum atomic E-state index is 12.3. The number of rotatable bonds is 6. The Labute approximate surface area is 157 Å². The monoisotopic (exact) mass is 363 g/mol. The molecule has 0 unspecified atom stereocenters. The summed E-state index contributed by atoms with van der Waals surface area (Å²) in [5.41, 5.74) is -0.295. The minimum Gasteiger partial charge on any atom is -0.422 e. The molecule has 0 saturated carbocycles. The molecule has 1 N–H and O–H groups in total. The van der Waals surface area contributed by atoms with Crippen molar-refractivity contribution in [1.82, 2.24) is 5.32 Å². The molecule has 0 aromatic heterocycles. The summed E-state index contributed by atoms with van der Waals surface area (Å²) < 4.78 is 11.0. The van der Waals surface area contributed by atoms with Crippen molar-refractivity contribution in [2.75, 3.05) is 6.54 Å². The number of nitrogens with one attached hydrogen (secondary N) is 1. The van der Waals surface area contributed by atoms with Gasteiger partial charge in [-0.1, -0.05) is 19.9 Å². The highest BCUT2D eigenvalue weighted by atomic mass is 16.6. The first kappa shape index (κ1) is 22.2. The third-order valence-electron chi connectivity index (χ3n) is 3.60. The molecule has 1 aromatic carbocycles. The first-order chi connectivity index (χ1) is 11.8. The van der Waals surface area contributed by atoms with E-state index in [1.165, 1.54) is 0 Å². The second-order valence-corrected chi connectivity index (χ2v) is 8.92. The van der Waals surface area contributed by atoms with Gasteiger partial charge in [0.1, 0.15) is 0 Å². The quantitative estimate of drug-likeness (QED) is 0.608. The Kier molecular flexibility index (Phi) is 7.39. The Morgan fingerprint density at radius 2 is 1.42 bits per heavy atom. The van der Waals surface area contributed by atoms with Gasteiger partial charge in [-0.3, -0.25) is 9.59 Å². The summed E-state index contributed by atoms with van der Waals surface area (Å²) in [6, 6.07) is 5.76. The molecule has 26 heavy (non-hydrogen) atoms. The third-order valence-corrected chi connectivity index (χ3v) is 3.60. The van der Waals surface area contributed by atoms with Crippen molar-refractivity contribution in [3.63, 3.8) is 0 Å². The lowest BCUT2D eigenvalue weighted by Crippen LogP contribution is -2.28. The van der Waals surface area contributed by atoms with Gasteiger partial charge in [0.15, 0.2) is 11.5 Å². The molecule has 0 heterocycles. The van der Waals surface area contributed by atoms with Gasteiger partial charge in [0.2, 0.25) is 0 Å². The van der Waals surface area contributed by atoms with Gasteiger partial charge in [-0.2, -0.15) is 0 Å². The average Bonchev–Trinajstić information content (AvgIpc) is 2.47. The van der Waals surface area contributed by atoms with Gasteiger partial charge < -0.3 is 14.8 Å². The van der Waals surface area contributed by atoms with Crippen LogP contribution in [0, 0.1) is 10.8 Å².